The predicted octanol–water partition coefficient (Wildman–Crippen LogP) is 3.30. The SMILES string of the molecule is CCCCCCCC(CCCCCC(=O)OC1CCNC(=O)CC1)NC(=O)C(OC)C(O)C(O)C(O)/C=C/C(C)C. The summed E-state index contributed by atoms with van der Waals surface area (Å²) in [5.41, 5.74) is 0. The zero-order chi connectivity index (χ0) is 30.6. The standard InChI is InChI=1S/C31H56N2O8/c1-5-6-7-8-10-13-23(14-11-9-12-15-27(36)41-24-17-19-26(35)32-21-20-24)33-31(39)30(40-4)29(38)28(37)25(34)18-16-22(2)3/h16,18,22-25,28-30,34,37-38H,5-15,17,19-21H2,1-4H3,(H,32,35)(H,33,39)/b18-16+. The molecule has 1 saturated heterocycles. The van der Waals surface area contributed by atoms with Crippen LogP contribution in [0.2, 0.25) is 0 Å². The number of rotatable bonds is 21. The van der Waals surface area contributed by atoms with Crippen molar-refractivity contribution in [2.24, 2.45) is 5.92 Å². The number of nitrogens with one attached hydrogen (secondary N) is 2. The van der Waals surface area contributed by atoms with Gasteiger partial charge in [-0.2, -0.15) is 0 Å². The second-order valence-corrected chi connectivity index (χ2v) is 11.6. The average Bonchev–Trinajstić information content (AvgIpc) is 3.14. The first-order valence-electron chi connectivity index (χ1n) is 15.6. The van der Waals surface area contributed by atoms with E-state index in [1.54, 1.807) is 6.08 Å². The molecule has 0 aromatic carbocycles. The van der Waals surface area contributed by atoms with Crippen LogP contribution in [0.25, 0.3) is 0 Å². The number of unbranched alkanes of at least 4 members (excludes halogenated alkanes) is 6. The van der Waals surface area contributed by atoms with E-state index >= 15 is 0 Å². The predicted molar refractivity (Wildman–Crippen MR) is 158 cm³/mol. The van der Waals surface area contributed by atoms with Crippen molar-refractivity contribution < 1.29 is 39.2 Å². The van der Waals surface area contributed by atoms with Crippen molar-refractivity contribution in [1.82, 2.24) is 10.6 Å². The lowest BCUT2D eigenvalue weighted by atomic mass is 9.98. The van der Waals surface area contributed by atoms with E-state index in [4.69, 9.17) is 9.47 Å². The first-order valence-corrected chi connectivity index (χ1v) is 15.6. The molecule has 41 heavy (non-hydrogen) atoms. The number of amides is 2. The number of methoxy groups -OCH3 is 1. The van der Waals surface area contributed by atoms with E-state index in [1.807, 2.05) is 13.8 Å². The summed E-state index contributed by atoms with van der Waals surface area (Å²) in [6.45, 7) is 6.53. The van der Waals surface area contributed by atoms with Crippen molar-refractivity contribution in [3.8, 4) is 0 Å². The zero-order valence-electron chi connectivity index (χ0n) is 25.7. The number of hydrogen-bond donors (Lipinski definition) is 5. The molecule has 10 nitrogen and oxygen atoms in total. The molecular weight excluding hydrogens is 528 g/mol. The fourth-order valence-electron chi connectivity index (χ4n) is 4.90. The maximum atomic E-state index is 13.1. The molecule has 0 bridgehead atoms. The number of ether oxygens (including phenoxy) is 2. The summed E-state index contributed by atoms with van der Waals surface area (Å²) < 4.78 is 10.8. The molecule has 10 heteroatoms. The van der Waals surface area contributed by atoms with Crippen molar-refractivity contribution in [2.75, 3.05) is 13.7 Å². The van der Waals surface area contributed by atoms with Crippen molar-refractivity contribution in [3.05, 3.63) is 12.2 Å². The quantitative estimate of drug-likeness (QED) is 0.0782. The Hall–Kier alpha value is -2.01. The van der Waals surface area contributed by atoms with Gasteiger partial charge in [0.2, 0.25) is 5.91 Å². The highest BCUT2D eigenvalue weighted by Crippen LogP contribution is 2.17. The molecule has 0 aromatic rings. The van der Waals surface area contributed by atoms with Gasteiger partial charge < -0.3 is 35.4 Å². The molecule has 0 radical (unpaired) electrons. The number of carbonyl (C=O) groups is 3. The third-order valence-electron chi connectivity index (χ3n) is 7.43. The lowest BCUT2D eigenvalue weighted by Gasteiger charge is -2.29. The van der Waals surface area contributed by atoms with Crippen LogP contribution < -0.4 is 10.6 Å². The molecule has 2 amide bonds. The number of hydrogen-bond acceptors (Lipinski definition) is 8. The van der Waals surface area contributed by atoms with Gasteiger partial charge in [0.1, 0.15) is 24.4 Å². The fourth-order valence-corrected chi connectivity index (χ4v) is 4.90. The van der Waals surface area contributed by atoms with Gasteiger partial charge in [-0.05, 0) is 31.6 Å². The molecule has 1 rings (SSSR count). The Morgan fingerprint density at radius 1 is 0.976 bits per heavy atom. The minimum absolute atomic E-state index is 0.00514. The minimum atomic E-state index is -1.61. The molecule has 5 N–H and O–H groups in total. The normalized spacial score (nSPS) is 19.7. The molecular formula is C31H56N2O8. The average molecular weight is 585 g/mol. The van der Waals surface area contributed by atoms with E-state index in [2.05, 4.69) is 17.6 Å². The first-order chi connectivity index (χ1) is 19.6. The maximum Gasteiger partial charge on any atom is 0.306 e. The molecule has 6 unspecified atom stereocenters. The second-order valence-electron chi connectivity index (χ2n) is 11.6. The first kappa shape index (κ1) is 37.0. The summed E-state index contributed by atoms with van der Waals surface area (Å²) in [5, 5.41) is 37.0. The Balaban J connectivity index is 2.59. The highest BCUT2D eigenvalue weighted by atomic mass is 16.5. The Kier molecular flexibility index (Phi) is 19.6. The largest absolute Gasteiger partial charge is 0.462 e. The van der Waals surface area contributed by atoms with Crippen LogP contribution in [0.1, 0.15) is 111 Å². The number of carbonyl (C=O) groups excluding carboxylic acids is 3. The van der Waals surface area contributed by atoms with Gasteiger partial charge in [-0.25, -0.2) is 0 Å². The summed E-state index contributed by atoms with van der Waals surface area (Å²) in [7, 11) is 1.29. The van der Waals surface area contributed by atoms with Gasteiger partial charge >= 0.3 is 5.97 Å². The molecule has 0 aromatic heterocycles. The van der Waals surface area contributed by atoms with Gasteiger partial charge in [0, 0.05) is 39.0 Å². The molecule has 6 atom stereocenters. The van der Waals surface area contributed by atoms with E-state index in [0.29, 0.717) is 45.1 Å². The number of aliphatic hydroxyl groups excluding tert-OH is 3. The van der Waals surface area contributed by atoms with Crippen LogP contribution in [0.15, 0.2) is 12.2 Å². The van der Waals surface area contributed by atoms with Crippen molar-refractivity contribution in [3.63, 3.8) is 0 Å². The van der Waals surface area contributed by atoms with E-state index in [9.17, 15) is 29.7 Å². The van der Waals surface area contributed by atoms with Crippen LogP contribution in [-0.2, 0) is 23.9 Å². The van der Waals surface area contributed by atoms with E-state index in [0.717, 1.165) is 44.9 Å². The van der Waals surface area contributed by atoms with Crippen LogP contribution in [-0.4, -0.2) is 83.3 Å². The fraction of sp³-hybridized carbons (Fsp3) is 0.839. The van der Waals surface area contributed by atoms with Gasteiger partial charge in [-0.15, -0.1) is 0 Å². The van der Waals surface area contributed by atoms with Crippen LogP contribution in [0.3, 0.4) is 0 Å². The molecule has 0 aliphatic carbocycles. The monoisotopic (exact) mass is 584 g/mol. The number of allylic oxidation sites excluding steroid dienone is 1. The molecule has 1 aliphatic rings. The van der Waals surface area contributed by atoms with Crippen LogP contribution in [0.4, 0.5) is 0 Å². The van der Waals surface area contributed by atoms with Gasteiger partial charge in [0.25, 0.3) is 5.91 Å². The van der Waals surface area contributed by atoms with Crippen molar-refractivity contribution in [1.29, 1.82) is 0 Å². The summed E-state index contributed by atoms with van der Waals surface area (Å²) in [4.78, 5) is 36.8. The van der Waals surface area contributed by atoms with Crippen molar-refractivity contribution >= 4 is 17.8 Å². The summed E-state index contributed by atoms with van der Waals surface area (Å²) in [6.07, 6.45) is 8.17. The molecule has 238 valence electrons. The van der Waals surface area contributed by atoms with Gasteiger partial charge in [0.15, 0.2) is 6.10 Å². The van der Waals surface area contributed by atoms with Gasteiger partial charge in [-0.3, -0.25) is 14.4 Å². The highest BCUT2D eigenvalue weighted by Gasteiger charge is 2.35. The molecule has 1 fully saturated rings. The zero-order valence-corrected chi connectivity index (χ0v) is 25.7. The number of aliphatic hydroxyl groups is 3. The Morgan fingerprint density at radius 3 is 2.27 bits per heavy atom. The Labute approximate surface area is 246 Å². The van der Waals surface area contributed by atoms with Crippen LogP contribution in [0, 0.1) is 5.92 Å². The lowest BCUT2D eigenvalue weighted by molar-refractivity contribution is -0.150. The summed E-state index contributed by atoms with van der Waals surface area (Å²) in [6, 6.07) is -0.139. The topological polar surface area (TPSA) is 154 Å². The second kappa shape index (κ2) is 21.7. The minimum Gasteiger partial charge on any atom is -0.462 e. The molecule has 1 heterocycles. The maximum absolute atomic E-state index is 13.1. The van der Waals surface area contributed by atoms with E-state index < -0.39 is 30.3 Å². The molecule has 1 aliphatic heterocycles. The molecule has 0 saturated carbocycles. The summed E-state index contributed by atoms with van der Waals surface area (Å²) in [5.74, 6) is -0.622. The Morgan fingerprint density at radius 2 is 1.63 bits per heavy atom. The number of esters is 1. The van der Waals surface area contributed by atoms with E-state index in [1.165, 1.54) is 19.6 Å². The Bertz CT molecular complexity index is 775. The van der Waals surface area contributed by atoms with Crippen molar-refractivity contribution in [2.45, 2.75) is 147 Å². The third-order valence-corrected chi connectivity index (χ3v) is 7.43. The van der Waals surface area contributed by atoms with E-state index in [-0.39, 0.29) is 29.9 Å². The summed E-state index contributed by atoms with van der Waals surface area (Å²) >= 11 is 0. The van der Waals surface area contributed by atoms with Gasteiger partial charge in [0.05, 0.1) is 0 Å². The van der Waals surface area contributed by atoms with Crippen LogP contribution >= 0.6 is 0 Å². The molecule has 0 spiro atoms. The van der Waals surface area contributed by atoms with Gasteiger partial charge in [-0.1, -0.05) is 77.9 Å². The smallest absolute Gasteiger partial charge is 0.306 e. The lowest BCUT2D eigenvalue weighted by Crippen LogP contribution is -2.53. The van der Waals surface area contributed by atoms with Crippen LogP contribution in [0.5, 0.6) is 0 Å². The third kappa shape index (κ3) is 16.3. The highest BCUT2D eigenvalue weighted by molar-refractivity contribution is 5.81.